The molecule has 2 N–H and O–H groups in total. The van der Waals surface area contributed by atoms with Gasteiger partial charge in [-0.15, -0.1) is 0 Å². The third kappa shape index (κ3) is 2.91. The molecule has 98 valence electrons. The normalized spacial score (nSPS) is 16.7. The van der Waals surface area contributed by atoms with Gasteiger partial charge in [0.2, 0.25) is 0 Å². The molecule has 0 spiro atoms. The van der Waals surface area contributed by atoms with Gasteiger partial charge < -0.3 is 10.6 Å². The van der Waals surface area contributed by atoms with Crippen LogP contribution < -0.4 is 10.6 Å². The monoisotopic (exact) mass is 245 g/mol. The van der Waals surface area contributed by atoms with E-state index in [1.54, 1.807) is 5.57 Å². The van der Waals surface area contributed by atoms with Crippen LogP contribution in [-0.4, -0.2) is 18.1 Å². The van der Waals surface area contributed by atoms with E-state index in [0.29, 0.717) is 12.0 Å². The zero-order valence-electron chi connectivity index (χ0n) is 11.6. The van der Waals surface area contributed by atoms with Crippen molar-refractivity contribution in [2.75, 3.05) is 18.0 Å². The van der Waals surface area contributed by atoms with Crippen molar-refractivity contribution >= 4 is 5.82 Å². The summed E-state index contributed by atoms with van der Waals surface area (Å²) in [5, 5.41) is 0. The van der Waals surface area contributed by atoms with Crippen molar-refractivity contribution in [1.29, 1.82) is 0 Å². The highest BCUT2D eigenvalue weighted by Crippen LogP contribution is 2.31. The minimum Gasteiger partial charge on any atom is -0.353 e. The predicted octanol–water partition coefficient (Wildman–Crippen LogP) is 2.72. The zero-order valence-corrected chi connectivity index (χ0v) is 11.6. The Bertz CT molecular complexity index is 443. The topological polar surface area (TPSA) is 42.1 Å². The van der Waals surface area contributed by atoms with Gasteiger partial charge in [0.25, 0.3) is 0 Å². The molecule has 0 bridgehead atoms. The summed E-state index contributed by atoms with van der Waals surface area (Å²) in [4.78, 5) is 6.75. The van der Waals surface area contributed by atoms with Crippen LogP contribution in [0.25, 0.3) is 0 Å². The number of nitrogens with two attached hydrogens (primary N) is 1. The summed E-state index contributed by atoms with van der Waals surface area (Å²) in [6, 6.07) is 4.07. The fourth-order valence-electron chi connectivity index (χ4n) is 2.32. The van der Waals surface area contributed by atoms with E-state index in [2.05, 4.69) is 42.8 Å². The second kappa shape index (κ2) is 5.11. The molecule has 2 rings (SSSR count). The summed E-state index contributed by atoms with van der Waals surface area (Å²) in [7, 11) is 0. The Morgan fingerprint density at radius 2 is 2.17 bits per heavy atom. The van der Waals surface area contributed by atoms with Gasteiger partial charge in [-0.2, -0.15) is 0 Å². The van der Waals surface area contributed by atoms with Crippen LogP contribution in [-0.2, 0) is 6.54 Å². The molecule has 2 heterocycles. The van der Waals surface area contributed by atoms with Crippen LogP contribution in [0.15, 0.2) is 30.0 Å². The number of hydrogen-bond donors (Lipinski definition) is 1. The number of aromatic nitrogens is 1. The van der Waals surface area contributed by atoms with Gasteiger partial charge in [-0.25, -0.2) is 4.98 Å². The molecule has 0 aliphatic carbocycles. The molecule has 0 radical (unpaired) electrons. The van der Waals surface area contributed by atoms with Crippen LogP contribution >= 0.6 is 0 Å². The van der Waals surface area contributed by atoms with Gasteiger partial charge >= 0.3 is 0 Å². The molecule has 0 unspecified atom stereocenters. The first-order valence-corrected chi connectivity index (χ1v) is 6.60. The Morgan fingerprint density at radius 3 is 2.72 bits per heavy atom. The Labute approximate surface area is 110 Å². The highest BCUT2D eigenvalue weighted by atomic mass is 15.2. The number of rotatable bonds is 2. The molecule has 0 atom stereocenters. The first kappa shape index (κ1) is 13.1. The lowest BCUT2D eigenvalue weighted by atomic mass is 9.83. The van der Waals surface area contributed by atoms with E-state index in [1.807, 2.05) is 12.3 Å². The maximum Gasteiger partial charge on any atom is 0.129 e. The molecule has 3 heteroatoms. The van der Waals surface area contributed by atoms with Crippen molar-refractivity contribution < 1.29 is 0 Å². The molecule has 1 aliphatic heterocycles. The van der Waals surface area contributed by atoms with Gasteiger partial charge in [0.05, 0.1) is 0 Å². The molecule has 0 saturated heterocycles. The van der Waals surface area contributed by atoms with Crippen molar-refractivity contribution in [3.05, 3.63) is 35.5 Å². The SMILES string of the molecule is CC(C)(C)C1=CCN(c2cc(CN)ccn2)CC1. The molecule has 1 aliphatic rings. The quantitative estimate of drug-likeness (QED) is 0.815. The summed E-state index contributed by atoms with van der Waals surface area (Å²) in [5.41, 5.74) is 8.65. The maximum absolute atomic E-state index is 5.67. The number of anilines is 1. The molecule has 0 fully saturated rings. The lowest BCUT2D eigenvalue weighted by molar-refractivity contribution is 0.472. The van der Waals surface area contributed by atoms with Gasteiger partial charge in [0.1, 0.15) is 5.82 Å². The van der Waals surface area contributed by atoms with E-state index in [-0.39, 0.29) is 0 Å². The second-order valence-electron chi connectivity index (χ2n) is 5.90. The molecular weight excluding hydrogens is 222 g/mol. The van der Waals surface area contributed by atoms with E-state index in [9.17, 15) is 0 Å². The van der Waals surface area contributed by atoms with Crippen molar-refractivity contribution in [3.63, 3.8) is 0 Å². The fourth-order valence-corrected chi connectivity index (χ4v) is 2.32. The largest absolute Gasteiger partial charge is 0.353 e. The Hall–Kier alpha value is -1.35. The van der Waals surface area contributed by atoms with Crippen LogP contribution in [0.5, 0.6) is 0 Å². The lowest BCUT2D eigenvalue weighted by Gasteiger charge is -2.32. The highest BCUT2D eigenvalue weighted by Gasteiger charge is 2.21. The van der Waals surface area contributed by atoms with E-state index < -0.39 is 0 Å². The molecule has 1 aromatic heterocycles. The van der Waals surface area contributed by atoms with Crippen molar-refractivity contribution in [1.82, 2.24) is 4.98 Å². The van der Waals surface area contributed by atoms with Crippen LogP contribution in [0.1, 0.15) is 32.8 Å². The van der Waals surface area contributed by atoms with E-state index >= 15 is 0 Å². The lowest BCUT2D eigenvalue weighted by Crippen LogP contribution is -2.31. The van der Waals surface area contributed by atoms with Crippen LogP contribution in [0.3, 0.4) is 0 Å². The third-order valence-electron chi connectivity index (χ3n) is 3.54. The summed E-state index contributed by atoms with van der Waals surface area (Å²) < 4.78 is 0. The summed E-state index contributed by atoms with van der Waals surface area (Å²) in [6.07, 6.45) is 5.32. The number of hydrogen-bond acceptors (Lipinski definition) is 3. The van der Waals surface area contributed by atoms with Crippen molar-refractivity contribution in [3.8, 4) is 0 Å². The summed E-state index contributed by atoms with van der Waals surface area (Å²) in [6.45, 7) is 9.41. The molecule has 0 saturated carbocycles. The summed E-state index contributed by atoms with van der Waals surface area (Å²) in [5.74, 6) is 1.04. The first-order valence-electron chi connectivity index (χ1n) is 6.60. The minimum atomic E-state index is 0.290. The molecule has 0 amide bonds. The number of pyridine rings is 1. The highest BCUT2D eigenvalue weighted by molar-refractivity contribution is 5.43. The first-order chi connectivity index (χ1) is 8.50. The van der Waals surface area contributed by atoms with Gasteiger partial charge in [-0.3, -0.25) is 0 Å². The molecule has 18 heavy (non-hydrogen) atoms. The van der Waals surface area contributed by atoms with Gasteiger partial charge in [-0.1, -0.05) is 32.4 Å². The van der Waals surface area contributed by atoms with Gasteiger partial charge in [0.15, 0.2) is 0 Å². The van der Waals surface area contributed by atoms with Crippen LogP contribution in [0.2, 0.25) is 0 Å². The average Bonchev–Trinajstić information content (AvgIpc) is 2.38. The van der Waals surface area contributed by atoms with Gasteiger partial charge in [-0.05, 0) is 29.5 Å². The minimum absolute atomic E-state index is 0.290. The molecule has 0 aromatic carbocycles. The van der Waals surface area contributed by atoms with E-state index in [0.717, 1.165) is 30.9 Å². The average molecular weight is 245 g/mol. The Kier molecular flexibility index (Phi) is 3.71. The zero-order chi connectivity index (χ0) is 13.2. The second-order valence-corrected chi connectivity index (χ2v) is 5.90. The predicted molar refractivity (Wildman–Crippen MR) is 76.5 cm³/mol. The summed E-state index contributed by atoms with van der Waals surface area (Å²) >= 11 is 0. The van der Waals surface area contributed by atoms with E-state index in [1.165, 1.54) is 0 Å². The molecule has 1 aromatic rings. The van der Waals surface area contributed by atoms with Crippen molar-refractivity contribution in [2.45, 2.75) is 33.7 Å². The van der Waals surface area contributed by atoms with E-state index in [4.69, 9.17) is 5.73 Å². The number of nitrogens with zero attached hydrogens (tertiary/aromatic N) is 2. The fraction of sp³-hybridized carbons (Fsp3) is 0.533. The van der Waals surface area contributed by atoms with Gasteiger partial charge in [0, 0.05) is 25.8 Å². The third-order valence-corrected chi connectivity index (χ3v) is 3.54. The van der Waals surface area contributed by atoms with Crippen LogP contribution in [0.4, 0.5) is 5.82 Å². The Balaban J connectivity index is 2.11. The molecule has 3 nitrogen and oxygen atoms in total. The smallest absolute Gasteiger partial charge is 0.129 e. The van der Waals surface area contributed by atoms with Crippen molar-refractivity contribution in [2.24, 2.45) is 11.1 Å². The Morgan fingerprint density at radius 1 is 1.39 bits per heavy atom. The molecular formula is C15H23N3. The standard InChI is InChI=1S/C15H23N3/c1-15(2,3)13-5-8-18(9-6-13)14-10-12(11-16)4-7-17-14/h4-5,7,10H,6,8-9,11,16H2,1-3H3. The van der Waals surface area contributed by atoms with Crippen LogP contribution in [0, 0.1) is 5.41 Å². The maximum atomic E-state index is 5.67.